The molecule has 0 atom stereocenters. The number of rotatable bonds is 9. The van der Waals surface area contributed by atoms with Gasteiger partial charge < -0.3 is 18.9 Å². The normalized spacial score (nSPS) is 10.1. The Balaban J connectivity index is 0.000000214. The lowest BCUT2D eigenvalue weighted by Gasteiger charge is -2.13. The van der Waals surface area contributed by atoms with E-state index in [2.05, 4.69) is 53.0 Å². The Kier molecular flexibility index (Phi) is 14.4. The monoisotopic (exact) mass is 820 g/mol. The second-order valence-electron chi connectivity index (χ2n) is 12.2. The van der Waals surface area contributed by atoms with Gasteiger partial charge in [0.2, 0.25) is 11.8 Å². The smallest absolute Gasteiger partial charge is 0.237 e. The minimum Gasteiger partial charge on any atom is -0.480 e. The quantitative estimate of drug-likeness (QED) is 0.133. The highest BCUT2D eigenvalue weighted by Crippen LogP contribution is 2.38. The average molecular weight is 823 g/mol. The minimum atomic E-state index is 0.190. The molecule has 0 aliphatic carbocycles. The summed E-state index contributed by atoms with van der Waals surface area (Å²) in [6.45, 7) is 4.07. The van der Waals surface area contributed by atoms with Gasteiger partial charge in [-0.15, -0.1) is 0 Å². The maximum Gasteiger partial charge on any atom is 0.237 e. The van der Waals surface area contributed by atoms with Crippen LogP contribution in [0.3, 0.4) is 0 Å². The Morgan fingerprint density at radius 1 is 0.571 bits per heavy atom. The van der Waals surface area contributed by atoms with Crippen molar-refractivity contribution < 1.29 is 18.9 Å². The van der Waals surface area contributed by atoms with Crippen molar-refractivity contribution in [2.75, 3.05) is 14.2 Å². The van der Waals surface area contributed by atoms with E-state index in [1.54, 1.807) is 48.5 Å². The molecule has 2 heterocycles. The summed E-state index contributed by atoms with van der Waals surface area (Å²) in [6, 6.07) is 33.1. The van der Waals surface area contributed by atoms with Crippen LogP contribution in [0.5, 0.6) is 34.8 Å². The molecule has 0 spiro atoms. The van der Waals surface area contributed by atoms with Crippen LogP contribution < -0.4 is 18.9 Å². The molecule has 0 unspecified atom stereocenters. The molecule has 6 rings (SSSR count). The number of pyridine rings is 2. The number of nitriles is 2. The number of aromatic nitrogens is 2. The van der Waals surface area contributed by atoms with Crippen LogP contribution in [0.2, 0.25) is 20.1 Å². The first-order chi connectivity index (χ1) is 27.0. The first kappa shape index (κ1) is 41.2. The third kappa shape index (κ3) is 11.5. The van der Waals surface area contributed by atoms with Gasteiger partial charge in [0, 0.05) is 33.4 Å². The van der Waals surface area contributed by atoms with Gasteiger partial charge in [0.15, 0.2) is 11.5 Å². The number of hydrogen-bond acceptors (Lipinski definition) is 8. The second kappa shape index (κ2) is 19.6. The zero-order valence-electron chi connectivity index (χ0n) is 30.6. The Hall–Kier alpha value is -5.92. The van der Waals surface area contributed by atoms with Gasteiger partial charge in [-0.25, -0.2) is 9.97 Å². The number of hydrogen-bond donors (Lipinski definition) is 0. The van der Waals surface area contributed by atoms with Gasteiger partial charge in [-0.2, -0.15) is 10.5 Å². The van der Waals surface area contributed by atoms with Crippen LogP contribution in [-0.4, -0.2) is 24.2 Å². The third-order valence-corrected chi connectivity index (χ3v) is 8.92. The maximum absolute atomic E-state index is 9.11. The molecule has 0 saturated carbocycles. The summed E-state index contributed by atoms with van der Waals surface area (Å²) in [5, 5.41) is 19.5. The molecule has 0 bridgehead atoms. The third-order valence-electron chi connectivity index (χ3n) is 7.79. The Labute approximate surface area is 345 Å². The van der Waals surface area contributed by atoms with Crippen molar-refractivity contribution in [3.05, 3.63) is 162 Å². The van der Waals surface area contributed by atoms with Crippen LogP contribution in [0.4, 0.5) is 0 Å². The van der Waals surface area contributed by atoms with Crippen LogP contribution in [0.15, 0.2) is 97.1 Å². The molecule has 6 aromatic rings. The Morgan fingerprint density at radius 2 is 1.12 bits per heavy atom. The van der Waals surface area contributed by atoms with Crippen molar-refractivity contribution in [3.8, 4) is 58.7 Å². The maximum atomic E-state index is 9.11. The molecule has 4 aromatic carbocycles. The van der Waals surface area contributed by atoms with Gasteiger partial charge in [-0.1, -0.05) is 94.3 Å². The predicted octanol–water partition coefficient (Wildman–Crippen LogP) is 11.9. The summed E-state index contributed by atoms with van der Waals surface area (Å²) >= 11 is 24.8. The van der Waals surface area contributed by atoms with Crippen LogP contribution in [0.25, 0.3) is 0 Å². The summed E-state index contributed by atoms with van der Waals surface area (Å²) in [7, 11) is 2.97. The first-order valence-corrected chi connectivity index (χ1v) is 18.4. The lowest BCUT2D eigenvalue weighted by atomic mass is 10.1. The van der Waals surface area contributed by atoms with Gasteiger partial charge in [-0.05, 0) is 92.3 Å². The topological polar surface area (TPSA) is 110 Å². The molecule has 2 aromatic heterocycles. The number of benzene rings is 4. The van der Waals surface area contributed by atoms with Crippen LogP contribution >= 0.6 is 46.4 Å². The van der Waals surface area contributed by atoms with E-state index < -0.39 is 0 Å². The fraction of sp³-hybridized carbons (Fsp3) is 0.136. The van der Waals surface area contributed by atoms with Crippen molar-refractivity contribution in [1.29, 1.82) is 10.5 Å². The number of nitrogens with zero attached hydrogens (tertiary/aromatic N) is 4. The van der Waals surface area contributed by atoms with Crippen LogP contribution in [0.1, 0.15) is 44.8 Å². The van der Waals surface area contributed by atoms with E-state index in [0.717, 1.165) is 23.2 Å². The molecule has 0 N–H and O–H groups in total. The number of ether oxygens (including phenoxy) is 4. The average Bonchev–Trinajstić information content (AvgIpc) is 3.18. The van der Waals surface area contributed by atoms with Gasteiger partial charge in [0.05, 0.1) is 37.5 Å². The van der Waals surface area contributed by atoms with Crippen molar-refractivity contribution in [3.63, 3.8) is 0 Å². The molecular weight excluding hydrogens is 790 g/mol. The van der Waals surface area contributed by atoms with E-state index in [0.29, 0.717) is 62.2 Å². The zero-order valence-corrected chi connectivity index (χ0v) is 33.6. The molecule has 280 valence electrons. The van der Waals surface area contributed by atoms with Crippen LogP contribution in [-0.2, 0) is 12.8 Å². The molecule has 0 radical (unpaired) electrons. The molecule has 0 amide bonds. The first-order valence-electron chi connectivity index (χ1n) is 16.9. The highest BCUT2D eigenvalue weighted by atomic mass is 35.5. The van der Waals surface area contributed by atoms with Crippen LogP contribution in [0, 0.1) is 48.4 Å². The Bertz CT molecular complexity index is 2540. The van der Waals surface area contributed by atoms with Crippen molar-refractivity contribution >= 4 is 46.4 Å². The molecule has 12 heteroatoms. The predicted molar refractivity (Wildman–Crippen MR) is 220 cm³/mol. The number of aryl methyl sites for hydroxylation is 4. The van der Waals surface area contributed by atoms with Gasteiger partial charge in [0.25, 0.3) is 0 Å². The molecular formula is C44H32Cl4N4O4. The second-order valence-corrected chi connectivity index (χ2v) is 13.8. The van der Waals surface area contributed by atoms with E-state index in [1.807, 2.05) is 43.3 Å². The Morgan fingerprint density at radius 3 is 1.68 bits per heavy atom. The highest BCUT2D eigenvalue weighted by Gasteiger charge is 2.16. The SMILES string of the molecule is COc1nc(C#Cc2cccc(C)c2)cc(Oc2cc(Cl)cc(C#N)c2)c1Cl.COc1nc(CCc2cccc(C)c2)cc(Oc2cc(Cl)cc(C#N)c2)c1Cl. The zero-order chi connectivity index (χ0) is 40.2. The lowest BCUT2D eigenvalue weighted by Crippen LogP contribution is -2.00. The number of halogens is 4. The fourth-order valence-electron chi connectivity index (χ4n) is 5.25. The van der Waals surface area contributed by atoms with Gasteiger partial charge in [-0.3, -0.25) is 0 Å². The summed E-state index contributed by atoms with van der Waals surface area (Å²) in [5.74, 6) is 8.03. The summed E-state index contributed by atoms with van der Waals surface area (Å²) in [4.78, 5) is 8.76. The summed E-state index contributed by atoms with van der Waals surface area (Å²) in [6.07, 6.45) is 1.53. The van der Waals surface area contributed by atoms with Gasteiger partial charge >= 0.3 is 0 Å². The van der Waals surface area contributed by atoms with E-state index in [1.165, 1.54) is 25.3 Å². The molecule has 0 fully saturated rings. The molecule has 0 aliphatic heterocycles. The van der Waals surface area contributed by atoms with E-state index >= 15 is 0 Å². The van der Waals surface area contributed by atoms with Crippen molar-refractivity contribution in [2.45, 2.75) is 26.7 Å². The number of methoxy groups -OCH3 is 2. The summed E-state index contributed by atoms with van der Waals surface area (Å²) in [5.41, 5.74) is 6.43. The fourth-order valence-corrected chi connectivity index (χ4v) is 6.13. The molecule has 56 heavy (non-hydrogen) atoms. The van der Waals surface area contributed by atoms with Crippen molar-refractivity contribution in [2.24, 2.45) is 0 Å². The molecule has 0 saturated heterocycles. The highest BCUT2D eigenvalue weighted by molar-refractivity contribution is 6.34. The summed E-state index contributed by atoms with van der Waals surface area (Å²) < 4.78 is 22.3. The molecule has 8 nitrogen and oxygen atoms in total. The van der Waals surface area contributed by atoms with Gasteiger partial charge in [0.1, 0.15) is 27.2 Å². The van der Waals surface area contributed by atoms with E-state index in [4.69, 9.17) is 75.9 Å². The van der Waals surface area contributed by atoms with E-state index in [9.17, 15) is 0 Å². The lowest BCUT2D eigenvalue weighted by molar-refractivity contribution is 0.390. The van der Waals surface area contributed by atoms with E-state index in [-0.39, 0.29) is 15.9 Å². The van der Waals surface area contributed by atoms with Crippen molar-refractivity contribution in [1.82, 2.24) is 9.97 Å². The molecule has 0 aliphatic rings. The standard InChI is InChI=1S/C22H18Cl2N2O2.C22H14Cl2N2O2/c2*1-14-4-3-5-15(8-14)6-7-18-12-20(21(24)22(26-18)27-2)28-19-10-16(13-25)9-17(23)11-19/h3-5,8-12H,6-7H2,1-2H3;3-5,8-12H,1-2H3. The minimum absolute atomic E-state index is 0.190. The largest absolute Gasteiger partial charge is 0.480 e.